The molecule has 19 heavy (non-hydrogen) atoms. The first-order valence-electron chi connectivity index (χ1n) is 6.68. The molecular weight excluding hydrogens is 238 g/mol. The predicted molar refractivity (Wildman–Crippen MR) is 75.9 cm³/mol. The van der Waals surface area contributed by atoms with Crippen LogP contribution < -0.4 is 5.73 Å². The Bertz CT molecular complexity index is 618. The maximum atomic E-state index is 12.4. The molecule has 4 heteroatoms. The zero-order chi connectivity index (χ0) is 13.2. The second-order valence-electron chi connectivity index (χ2n) is 5.03. The molecule has 0 atom stereocenters. The number of amides is 1. The van der Waals surface area contributed by atoms with Crippen LogP contribution in [0.5, 0.6) is 0 Å². The van der Waals surface area contributed by atoms with Gasteiger partial charge in [-0.25, -0.2) is 0 Å². The molecule has 1 aromatic heterocycles. The molecule has 1 amide bonds. The molecule has 0 aliphatic carbocycles. The number of likely N-dealkylation sites (tertiary alicyclic amines) is 1. The van der Waals surface area contributed by atoms with E-state index in [9.17, 15) is 4.79 Å². The number of piperidine rings is 1. The van der Waals surface area contributed by atoms with Gasteiger partial charge in [0.05, 0.1) is 11.1 Å². The SMILES string of the molecule is Nc1ccc2cc(C(=O)N3CCCCC3)cnc2c1. The molecule has 0 saturated carbocycles. The topological polar surface area (TPSA) is 59.2 Å². The van der Waals surface area contributed by atoms with Gasteiger partial charge in [0.15, 0.2) is 0 Å². The van der Waals surface area contributed by atoms with E-state index in [-0.39, 0.29) is 5.91 Å². The van der Waals surface area contributed by atoms with Crippen LogP contribution in [0.15, 0.2) is 30.5 Å². The van der Waals surface area contributed by atoms with E-state index in [4.69, 9.17) is 5.73 Å². The Morgan fingerprint density at radius 2 is 1.95 bits per heavy atom. The summed E-state index contributed by atoms with van der Waals surface area (Å²) in [6.45, 7) is 1.72. The van der Waals surface area contributed by atoms with Gasteiger partial charge in [-0.1, -0.05) is 6.07 Å². The number of nitrogens with zero attached hydrogens (tertiary/aromatic N) is 2. The number of rotatable bonds is 1. The molecule has 0 unspecified atom stereocenters. The molecule has 4 nitrogen and oxygen atoms in total. The Hall–Kier alpha value is -2.10. The number of hydrogen-bond acceptors (Lipinski definition) is 3. The third kappa shape index (κ3) is 2.38. The molecule has 1 aliphatic heterocycles. The summed E-state index contributed by atoms with van der Waals surface area (Å²) in [4.78, 5) is 18.6. The largest absolute Gasteiger partial charge is 0.399 e. The van der Waals surface area contributed by atoms with E-state index in [0.717, 1.165) is 36.8 Å². The summed E-state index contributed by atoms with van der Waals surface area (Å²) >= 11 is 0. The smallest absolute Gasteiger partial charge is 0.255 e. The van der Waals surface area contributed by atoms with E-state index in [1.54, 1.807) is 6.20 Å². The van der Waals surface area contributed by atoms with Crippen molar-refractivity contribution in [3.05, 3.63) is 36.0 Å². The highest BCUT2D eigenvalue weighted by Gasteiger charge is 2.18. The highest BCUT2D eigenvalue weighted by molar-refractivity contribution is 5.97. The lowest BCUT2D eigenvalue weighted by atomic mass is 10.1. The fourth-order valence-electron chi connectivity index (χ4n) is 2.53. The number of pyridine rings is 1. The van der Waals surface area contributed by atoms with Crippen molar-refractivity contribution in [2.45, 2.75) is 19.3 Å². The van der Waals surface area contributed by atoms with Crippen molar-refractivity contribution in [1.29, 1.82) is 0 Å². The maximum absolute atomic E-state index is 12.4. The average molecular weight is 255 g/mol. The second kappa shape index (κ2) is 4.88. The van der Waals surface area contributed by atoms with E-state index in [0.29, 0.717) is 11.3 Å². The first-order valence-corrected chi connectivity index (χ1v) is 6.68. The van der Waals surface area contributed by atoms with Crippen molar-refractivity contribution in [2.75, 3.05) is 18.8 Å². The number of hydrogen-bond donors (Lipinski definition) is 1. The van der Waals surface area contributed by atoms with E-state index >= 15 is 0 Å². The van der Waals surface area contributed by atoms with Crippen LogP contribution in [-0.2, 0) is 0 Å². The Balaban J connectivity index is 1.92. The molecule has 3 rings (SSSR count). The highest BCUT2D eigenvalue weighted by atomic mass is 16.2. The van der Waals surface area contributed by atoms with E-state index < -0.39 is 0 Å². The number of carbonyl (C=O) groups is 1. The summed E-state index contributed by atoms with van der Waals surface area (Å²) in [7, 11) is 0. The Morgan fingerprint density at radius 1 is 1.16 bits per heavy atom. The molecule has 0 bridgehead atoms. The Labute approximate surface area is 112 Å². The summed E-state index contributed by atoms with van der Waals surface area (Å²) < 4.78 is 0. The molecule has 0 radical (unpaired) electrons. The van der Waals surface area contributed by atoms with Crippen LogP contribution in [-0.4, -0.2) is 28.9 Å². The van der Waals surface area contributed by atoms with E-state index in [2.05, 4.69) is 4.98 Å². The summed E-state index contributed by atoms with van der Waals surface area (Å²) in [6, 6.07) is 7.47. The van der Waals surface area contributed by atoms with Gasteiger partial charge in [0, 0.05) is 30.4 Å². The third-order valence-corrected chi connectivity index (χ3v) is 3.60. The number of anilines is 1. The molecular formula is C15H17N3O. The minimum absolute atomic E-state index is 0.0888. The van der Waals surface area contributed by atoms with Crippen LogP contribution in [0.25, 0.3) is 10.9 Å². The van der Waals surface area contributed by atoms with Crippen molar-refractivity contribution >= 4 is 22.5 Å². The number of carbonyl (C=O) groups excluding carboxylic acids is 1. The Kier molecular flexibility index (Phi) is 3.07. The molecule has 1 aromatic carbocycles. The minimum atomic E-state index is 0.0888. The van der Waals surface area contributed by atoms with Gasteiger partial charge >= 0.3 is 0 Å². The molecule has 98 valence electrons. The standard InChI is InChI=1S/C15H17N3O/c16-13-5-4-11-8-12(10-17-14(11)9-13)15(19)18-6-2-1-3-7-18/h4-5,8-10H,1-3,6-7,16H2. The molecule has 1 saturated heterocycles. The van der Waals surface area contributed by atoms with Crippen molar-refractivity contribution < 1.29 is 4.79 Å². The first-order chi connectivity index (χ1) is 9.24. The number of nitrogens with two attached hydrogens (primary N) is 1. The van der Waals surface area contributed by atoms with Crippen LogP contribution in [0.4, 0.5) is 5.69 Å². The van der Waals surface area contributed by atoms with Gasteiger partial charge in [0.1, 0.15) is 0 Å². The lowest BCUT2D eigenvalue weighted by Gasteiger charge is -2.26. The normalized spacial score (nSPS) is 15.7. The van der Waals surface area contributed by atoms with Gasteiger partial charge in [-0.05, 0) is 37.5 Å². The number of nitrogen functional groups attached to an aromatic ring is 1. The minimum Gasteiger partial charge on any atom is -0.399 e. The van der Waals surface area contributed by atoms with E-state index in [1.165, 1.54) is 6.42 Å². The second-order valence-corrected chi connectivity index (χ2v) is 5.03. The molecule has 2 aromatic rings. The van der Waals surface area contributed by atoms with Crippen LogP contribution in [0, 0.1) is 0 Å². The van der Waals surface area contributed by atoms with Crippen molar-refractivity contribution in [3.63, 3.8) is 0 Å². The van der Waals surface area contributed by atoms with Gasteiger partial charge in [-0.3, -0.25) is 9.78 Å². The molecule has 1 aliphatic rings. The molecule has 2 heterocycles. The van der Waals surface area contributed by atoms with Crippen LogP contribution in [0.3, 0.4) is 0 Å². The molecule has 2 N–H and O–H groups in total. The third-order valence-electron chi connectivity index (χ3n) is 3.60. The van der Waals surface area contributed by atoms with Gasteiger partial charge in [-0.2, -0.15) is 0 Å². The Morgan fingerprint density at radius 3 is 2.74 bits per heavy atom. The zero-order valence-corrected chi connectivity index (χ0v) is 10.8. The average Bonchev–Trinajstić information content (AvgIpc) is 2.47. The molecule has 1 fully saturated rings. The van der Waals surface area contributed by atoms with Crippen LogP contribution >= 0.6 is 0 Å². The van der Waals surface area contributed by atoms with Crippen molar-refractivity contribution in [3.8, 4) is 0 Å². The van der Waals surface area contributed by atoms with Crippen molar-refractivity contribution in [1.82, 2.24) is 9.88 Å². The van der Waals surface area contributed by atoms with Crippen LogP contribution in [0.2, 0.25) is 0 Å². The summed E-state index contributed by atoms with van der Waals surface area (Å²) in [5.74, 6) is 0.0888. The number of benzene rings is 1. The molecule has 0 spiro atoms. The van der Waals surface area contributed by atoms with Gasteiger partial charge < -0.3 is 10.6 Å². The first kappa shape index (κ1) is 12.0. The zero-order valence-electron chi connectivity index (χ0n) is 10.8. The van der Waals surface area contributed by atoms with Crippen LogP contribution in [0.1, 0.15) is 29.6 Å². The van der Waals surface area contributed by atoms with Gasteiger partial charge in [0.25, 0.3) is 5.91 Å². The number of fused-ring (bicyclic) bond motifs is 1. The highest BCUT2D eigenvalue weighted by Crippen LogP contribution is 2.18. The number of aromatic nitrogens is 1. The van der Waals surface area contributed by atoms with Crippen molar-refractivity contribution in [2.24, 2.45) is 0 Å². The maximum Gasteiger partial charge on any atom is 0.255 e. The summed E-state index contributed by atoms with van der Waals surface area (Å²) in [6.07, 6.45) is 5.07. The fraction of sp³-hybridized carbons (Fsp3) is 0.333. The predicted octanol–water partition coefficient (Wildman–Crippen LogP) is 2.44. The summed E-state index contributed by atoms with van der Waals surface area (Å²) in [5, 5.41) is 0.956. The van der Waals surface area contributed by atoms with Gasteiger partial charge in [0.2, 0.25) is 0 Å². The summed E-state index contributed by atoms with van der Waals surface area (Å²) in [5.41, 5.74) is 7.91. The quantitative estimate of drug-likeness (QED) is 0.796. The van der Waals surface area contributed by atoms with Gasteiger partial charge in [-0.15, -0.1) is 0 Å². The lowest BCUT2D eigenvalue weighted by Crippen LogP contribution is -2.35. The van der Waals surface area contributed by atoms with E-state index in [1.807, 2.05) is 29.2 Å². The fourth-order valence-corrected chi connectivity index (χ4v) is 2.53. The monoisotopic (exact) mass is 255 g/mol. The lowest BCUT2D eigenvalue weighted by molar-refractivity contribution is 0.0724.